The second kappa shape index (κ2) is 3.30. The van der Waals surface area contributed by atoms with Crippen LogP contribution in [-0.2, 0) is 6.42 Å². The van der Waals surface area contributed by atoms with E-state index in [1.54, 1.807) is 12.4 Å². The summed E-state index contributed by atoms with van der Waals surface area (Å²) in [4.78, 5) is 8.13. The van der Waals surface area contributed by atoms with Crippen LogP contribution in [0.15, 0.2) is 18.6 Å². The Bertz CT molecular complexity index is 182. The standard InChI is InChI=1S/C8H12N2/c1-7(2)5-8-6-9-3-4-10-8/h3-4,6-7H,5H2,1-2H3. The highest BCUT2D eigenvalue weighted by atomic mass is 14.8. The fraction of sp³-hybridized carbons (Fsp3) is 0.500. The fourth-order valence-electron chi connectivity index (χ4n) is 0.854. The van der Waals surface area contributed by atoms with Crippen molar-refractivity contribution in [2.45, 2.75) is 20.3 Å². The third-order valence-corrected chi connectivity index (χ3v) is 1.23. The molecule has 0 bridgehead atoms. The van der Waals surface area contributed by atoms with Crippen LogP contribution in [0.25, 0.3) is 0 Å². The van der Waals surface area contributed by atoms with E-state index in [2.05, 4.69) is 23.8 Å². The molecule has 1 heterocycles. The summed E-state index contributed by atoms with van der Waals surface area (Å²) in [6.45, 7) is 4.35. The van der Waals surface area contributed by atoms with Crippen LogP contribution in [0.4, 0.5) is 0 Å². The Morgan fingerprint density at radius 1 is 1.40 bits per heavy atom. The van der Waals surface area contributed by atoms with E-state index in [-0.39, 0.29) is 0 Å². The lowest BCUT2D eigenvalue weighted by Crippen LogP contribution is -1.96. The molecule has 1 aromatic heterocycles. The summed E-state index contributed by atoms with van der Waals surface area (Å²) in [7, 11) is 0. The van der Waals surface area contributed by atoms with Crippen molar-refractivity contribution in [3.8, 4) is 0 Å². The summed E-state index contributed by atoms with van der Waals surface area (Å²) in [6, 6.07) is 0. The summed E-state index contributed by atoms with van der Waals surface area (Å²) < 4.78 is 0. The normalized spacial score (nSPS) is 10.3. The number of rotatable bonds is 2. The van der Waals surface area contributed by atoms with Gasteiger partial charge in [-0.05, 0) is 12.3 Å². The monoisotopic (exact) mass is 136 g/mol. The smallest absolute Gasteiger partial charge is 0.0589 e. The number of aromatic nitrogens is 2. The molecule has 0 saturated heterocycles. The van der Waals surface area contributed by atoms with E-state index in [0.717, 1.165) is 12.1 Å². The lowest BCUT2D eigenvalue weighted by molar-refractivity contribution is 0.633. The van der Waals surface area contributed by atoms with Crippen LogP contribution in [0.3, 0.4) is 0 Å². The van der Waals surface area contributed by atoms with Gasteiger partial charge in [0.05, 0.1) is 5.69 Å². The largest absolute Gasteiger partial charge is 0.261 e. The van der Waals surface area contributed by atoms with Gasteiger partial charge in [0.15, 0.2) is 0 Å². The topological polar surface area (TPSA) is 25.8 Å². The van der Waals surface area contributed by atoms with Gasteiger partial charge in [0, 0.05) is 18.6 Å². The predicted molar refractivity (Wildman–Crippen MR) is 40.6 cm³/mol. The van der Waals surface area contributed by atoms with Gasteiger partial charge in [0.25, 0.3) is 0 Å². The first-order chi connectivity index (χ1) is 4.79. The summed E-state index contributed by atoms with van der Waals surface area (Å²) in [5.41, 5.74) is 1.08. The van der Waals surface area contributed by atoms with Crippen molar-refractivity contribution in [3.63, 3.8) is 0 Å². The van der Waals surface area contributed by atoms with Gasteiger partial charge < -0.3 is 0 Å². The Morgan fingerprint density at radius 2 is 2.20 bits per heavy atom. The van der Waals surface area contributed by atoms with Crippen LogP contribution in [0, 0.1) is 5.92 Å². The van der Waals surface area contributed by atoms with E-state index >= 15 is 0 Å². The maximum atomic E-state index is 4.16. The second-order valence-electron chi connectivity index (χ2n) is 2.79. The molecule has 0 fully saturated rings. The molecule has 0 spiro atoms. The highest BCUT2D eigenvalue weighted by Gasteiger charge is 1.96. The predicted octanol–water partition coefficient (Wildman–Crippen LogP) is 1.68. The number of nitrogens with zero attached hydrogens (tertiary/aromatic N) is 2. The zero-order valence-corrected chi connectivity index (χ0v) is 6.41. The Labute approximate surface area is 61.3 Å². The molecule has 54 valence electrons. The molecule has 0 unspecified atom stereocenters. The Morgan fingerprint density at radius 3 is 2.70 bits per heavy atom. The fourth-order valence-corrected chi connectivity index (χ4v) is 0.854. The lowest BCUT2D eigenvalue weighted by Gasteiger charge is -2.00. The number of hydrogen-bond acceptors (Lipinski definition) is 2. The first kappa shape index (κ1) is 7.19. The molecule has 0 radical (unpaired) electrons. The molecule has 1 rings (SSSR count). The van der Waals surface area contributed by atoms with Crippen molar-refractivity contribution in [3.05, 3.63) is 24.3 Å². The quantitative estimate of drug-likeness (QED) is 0.618. The van der Waals surface area contributed by atoms with Crippen LogP contribution in [0.2, 0.25) is 0 Å². The van der Waals surface area contributed by atoms with Gasteiger partial charge in [-0.3, -0.25) is 9.97 Å². The maximum Gasteiger partial charge on any atom is 0.0589 e. The van der Waals surface area contributed by atoms with Crippen LogP contribution in [-0.4, -0.2) is 9.97 Å². The third kappa shape index (κ3) is 2.13. The average molecular weight is 136 g/mol. The molecule has 0 aromatic carbocycles. The van der Waals surface area contributed by atoms with Crippen molar-refractivity contribution in [1.82, 2.24) is 9.97 Å². The average Bonchev–Trinajstić information content (AvgIpc) is 1.88. The van der Waals surface area contributed by atoms with E-state index < -0.39 is 0 Å². The van der Waals surface area contributed by atoms with Gasteiger partial charge in [-0.1, -0.05) is 13.8 Å². The van der Waals surface area contributed by atoms with Gasteiger partial charge in [0.1, 0.15) is 0 Å². The van der Waals surface area contributed by atoms with Crippen molar-refractivity contribution in [2.24, 2.45) is 5.92 Å². The van der Waals surface area contributed by atoms with Crippen molar-refractivity contribution < 1.29 is 0 Å². The van der Waals surface area contributed by atoms with E-state index in [1.807, 2.05) is 6.20 Å². The summed E-state index contributed by atoms with van der Waals surface area (Å²) >= 11 is 0. The maximum absolute atomic E-state index is 4.16. The van der Waals surface area contributed by atoms with E-state index in [9.17, 15) is 0 Å². The molecule has 2 heteroatoms. The Balaban J connectivity index is 2.59. The first-order valence-corrected chi connectivity index (χ1v) is 3.54. The van der Waals surface area contributed by atoms with Gasteiger partial charge in [-0.15, -0.1) is 0 Å². The van der Waals surface area contributed by atoms with E-state index in [4.69, 9.17) is 0 Å². The van der Waals surface area contributed by atoms with Crippen molar-refractivity contribution in [1.29, 1.82) is 0 Å². The van der Waals surface area contributed by atoms with E-state index in [0.29, 0.717) is 5.92 Å². The summed E-state index contributed by atoms with van der Waals surface area (Å²) in [6.07, 6.45) is 6.27. The molecule has 0 N–H and O–H groups in total. The van der Waals surface area contributed by atoms with Crippen molar-refractivity contribution >= 4 is 0 Å². The highest BCUT2D eigenvalue weighted by Crippen LogP contribution is 2.01. The molecule has 0 atom stereocenters. The highest BCUT2D eigenvalue weighted by molar-refractivity contribution is 4.94. The van der Waals surface area contributed by atoms with Crippen LogP contribution in [0.5, 0.6) is 0 Å². The van der Waals surface area contributed by atoms with E-state index in [1.165, 1.54) is 0 Å². The first-order valence-electron chi connectivity index (χ1n) is 3.54. The molecule has 1 aromatic rings. The summed E-state index contributed by atoms with van der Waals surface area (Å²) in [5, 5.41) is 0. The molecule has 0 saturated carbocycles. The van der Waals surface area contributed by atoms with Gasteiger partial charge in [-0.25, -0.2) is 0 Å². The van der Waals surface area contributed by atoms with Gasteiger partial charge >= 0.3 is 0 Å². The zero-order chi connectivity index (χ0) is 7.40. The molecule has 0 aliphatic heterocycles. The zero-order valence-electron chi connectivity index (χ0n) is 6.41. The second-order valence-corrected chi connectivity index (χ2v) is 2.79. The molecular weight excluding hydrogens is 124 g/mol. The van der Waals surface area contributed by atoms with Gasteiger partial charge in [0.2, 0.25) is 0 Å². The summed E-state index contributed by atoms with van der Waals surface area (Å²) in [5.74, 6) is 0.664. The SMILES string of the molecule is CC(C)Cc1cnccn1. The van der Waals surface area contributed by atoms with Crippen LogP contribution in [0.1, 0.15) is 19.5 Å². The van der Waals surface area contributed by atoms with Crippen molar-refractivity contribution in [2.75, 3.05) is 0 Å². The molecular formula is C8H12N2. The molecule has 0 aliphatic carbocycles. The third-order valence-electron chi connectivity index (χ3n) is 1.23. The molecule has 0 amide bonds. The molecule has 0 aliphatic rings. The lowest BCUT2D eigenvalue weighted by atomic mass is 10.1. The molecule has 10 heavy (non-hydrogen) atoms. The molecule has 2 nitrogen and oxygen atoms in total. The van der Waals surface area contributed by atoms with Crippen LogP contribution >= 0.6 is 0 Å². The van der Waals surface area contributed by atoms with Crippen LogP contribution < -0.4 is 0 Å². The van der Waals surface area contributed by atoms with Gasteiger partial charge in [-0.2, -0.15) is 0 Å². The minimum Gasteiger partial charge on any atom is -0.261 e. The minimum atomic E-state index is 0.664. The number of hydrogen-bond donors (Lipinski definition) is 0. The Hall–Kier alpha value is -0.920. The minimum absolute atomic E-state index is 0.664. The Kier molecular flexibility index (Phi) is 2.37.